The first-order valence-corrected chi connectivity index (χ1v) is 13.1. The summed E-state index contributed by atoms with van der Waals surface area (Å²) >= 11 is 1.32. The maximum atomic E-state index is 13.9. The summed E-state index contributed by atoms with van der Waals surface area (Å²) in [7, 11) is 0. The first-order chi connectivity index (χ1) is 17.8. The Kier molecular flexibility index (Phi) is 6.60. The number of aryl methyl sites for hydroxylation is 1. The zero-order chi connectivity index (χ0) is 26.3. The molecule has 0 aliphatic carbocycles. The zero-order valence-electron chi connectivity index (χ0n) is 21.5. The maximum Gasteiger partial charge on any atom is 0.338 e. The van der Waals surface area contributed by atoms with E-state index in [9.17, 15) is 9.59 Å². The number of H-pyrrole nitrogens is 1. The van der Waals surface area contributed by atoms with Crippen molar-refractivity contribution in [3.05, 3.63) is 96.3 Å². The van der Waals surface area contributed by atoms with Crippen molar-refractivity contribution < 1.29 is 14.3 Å². The van der Waals surface area contributed by atoms with Crippen molar-refractivity contribution in [3.8, 4) is 5.75 Å². The minimum Gasteiger partial charge on any atom is -0.491 e. The Morgan fingerprint density at radius 1 is 1.16 bits per heavy atom. The van der Waals surface area contributed by atoms with Crippen LogP contribution in [-0.4, -0.2) is 28.2 Å². The van der Waals surface area contributed by atoms with Crippen LogP contribution in [0.25, 0.3) is 17.0 Å². The van der Waals surface area contributed by atoms with E-state index in [4.69, 9.17) is 9.47 Å². The molecule has 1 aliphatic heterocycles. The summed E-state index contributed by atoms with van der Waals surface area (Å²) in [5.74, 6) is 0.248. The minimum absolute atomic E-state index is 0.0359. The van der Waals surface area contributed by atoms with Crippen LogP contribution in [0.15, 0.2) is 69.6 Å². The van der Waals surface area contributed by atoms with Crippen LogP contribution in [0, 0.1) is 6.92 Å². The normalized spacial score (nSPS) is 15.7. The number of para-hydroxylation sites is 1. The van der Waals surface area contributed by atoms with E-state index in [2.05, 4.69) is 9.98 Å². The number of aromatic amines is 1. The van der Waals surface area contributed by atoms with E-state index in [1.165, 1.54) is 11.3 Å². The molecule has 3 heterocycles. The molecule has 1 aliphatic rings. The van der Waals surface area contributed by atoms with Gasteiger partial charge in [0.25, 0.3) is 5.56 Å². The number of fused-ring (bicyclic) bond motifs is 2. The lowest BCUT2D eigenvalue weighted by Gasteiger charge is -2.25. The van der Waals surface area contributed by atoms with E-state index in [0.717, 1.165) is 33.5 Å². The van der Waals surface area contributed by atoms with Crippen molar-refractivity contribution >= 4 is 34.3 Å². The van der Waals surface area contributed by atoms with Crippen LogP contribution >= 0.6 is 11.3 Å². The zero-order valence-corrected chi connectivity index (χ0v) is 22.3. The summed E-state index contributed by atoms with van der Waals surface area (Å²) in [4.78, 5) is 35.6. The SMILES string of the molecule is CCOC(=O)C1=C(C)N=c2s/c(=C\c3c(C)[nH]c4ccccc34)c(=O)n2[C@@H]1c1ccc(OC(C)C)cc1. The fourth-order valence-electron chi connectivity index (χ4n) is 4.72. The van der Waals surface area contributed by atoms with E-state index >= 15 is 0 Å². The summed E-state index contributed by atoms with van der Waals surface area (Å²) in [5.41, 5.74) is 4.45. The lowest BCUT2D eigenvalue weighted by atomic mass is 9.96. The van der Waals surface area contributed by atoms with Gasteiger partial charge in [0.1, 0.15) is 5.75 Å². The van der Waals surface area contributed by atoms with Gasteiger partial charge in [0.15, 0.2) is 4.80 Å². The second-order valence-electron chi connectivity index (χ2n) is 9.25. The molecular formula is C29H29N3O4S. The van der Waals surface area contributed by atoms with Gasteiger partial charge in [0.2, 0.25) is 0 Å². The summed E-state index contributed by atoms with van der Waals surface area (Å²) in [5, 5.41) is 1.05. The van der Waals surface area contributed by atoms with Gasteiger partial charge in [-0.25, -0.2) is 9.79 Å². The van der Waals surface area contributed by atoms with Gasteiger partial charge >= 0.3 is 5.97 Å². The molecule has 0 bridgehead atoms. The van der Waals surface area contributed by atoms with E-state index < -0.39 is 12.0 Å². The number of hydrogen-bond acceptors (Lipinski definition) is 6. The fraction of sp³-hybridized carbons (Fsp3) is 0.276. The lowest BCUT2D eigenvalue weighted by molar-refractivity contribution is -0.139. The van der Waals surface area contributed by atoms with Gasteiger partial charge in [-0.1, -0.05) is 41.7 Å². The lowest BCUT2D eigenvalue weighted by Crippen LogP contribution is -2.39. The molecule has 0 spiro atoms. The van der Waals surface area contributed by atoms with Gasteiger partial charge in [-0.3, -0.25) is 9.36 Å². The number of esters is 1. The maximum absolute atomic E-state index is 13.9. The van der Waals surface area contributed by atoms with Crippen LogP contribution in [0.3, 0.4) is 0 Å². The number of aromatic nitrogens is 2. The number of hydrogen-bond donors (Lipinski definition) is 1. The predicted molar refractivity (Wildman–Crippen MR) is 146 cm³/mol. The Morgan fingerprint density at radius 2 is 1.89 bits per heavy atom. The molecule has 0 amide bonds. The number of nitrogens with zero attached hydrogens (tertiary/aromatic N) is 2. The van der Waals surface area contributed by atoms with Crippen LogP contribution in [0.5, 0.6) is 5.75 Å². The number of benzene rings is 2. The van der Waals surface area contributed by atoms with E-state index in [0.29, 0.717) is 20.6 Å². The summed E-state index contributed by atoms with van der Waals surface area (Å²) in [6, 6.07) is 14.9. The molecule has 2 aromatic carbocycles. The van der Waals surface area contributed by atoms with Gasteiger partial charge in [-0.2, -0.15) is 0 Å². The molecule has 0 radical (unpaired) electrons. The Balaban J connectivity index is 1.70. The monoisotopic (exact) mass is 515 g/mol. The van der Waals surface area contributed by atoms with Crippen molar-refractivity contribution in [2.24, 2.45) is 4.99 Å². The second kappa shape index (κ2) is 9.86. The van der Waals surface area contributed by atoms with Crippen LogP contribution in [0.2, 0.25) is 0 Å². The van der Waals surface area contributed by atoms with Gasteiger partial charge in [-0.05, 0) is 64.5 Å². The molecule has 37 heavy (non-hydrogen) atoms. The van der Waals surface area contributed by atoms with E-state index in [-0.39, 0.29) is 18.3 Å². The summed E-state index contributed by atoms with van der Waals surface area (Å²) in [6.45, 7) is 9.71. The van der Waals surface area contributed by atoms with Crippen LogP contribution < -0.4 is 19.6 Å². The first kappa shape index (κ1) is 24.8. The van der Waals surface area contributed by atoms with Crippen LogP contribution in [-0.2, 0) is 9.53 Å². The fourth-order valence-corrected chi connectivity index (χ4v) is 5.75. The molecule has 190 valence electrons. The highest BCUT2D eigenvalue weighted by Gasteiger charge is 2.33. The molecule has 1 N–H and O–H groups in total. The van der Waals surface area contributed by atoms with E-state index in [1.807, 2.05) is 75.4 Å². The van der Waals surface area contributed by atoms with Crippen molar-refractivity contribution in [2.75, 3.05) is 6.61 Å². The Morgan fingerprint density at radius 3 is 2.59 bits per heavy atom. The number of nitrogens with one attached hydrogen (secondary N) is 1. The minimum atomic E-state index is -0.658. The van der Waals surface area contributed by atoms with Crippen molar-refractivity contribution in [3.63, 3.8) is 0 Å². The Bertz CT molecular complexity index is 1700. The highest BCUT2D eigenvalue weighted by Crippen LogP contribution is 2.32. The highest BCUT2D eigenvalue weighted by molar-refractivity contribution is 7.07. The number of rotatable bonds is 6. The summed E-state index contributed by atoms with van der Waals surface area (Å²) in [6.07, 6.45) is 1.95. The number of thiazole rings is 1. The molecule has 2 aromatic heterocycles. The molecule has 7 nitrogen and oxygen atoms in total. The topological polar surface area (TPSA) is 85.7 Å². The van der Waals surface area contributed by atoms with Crippen LogP contribution in [0.1, 0.15) is 50.6 Å². The number of ether oxygens (including phenoxy) is 2. The molecule has 8 heteroatoms. The molecule has 0 saturated carbocycles. The largest absolute Gasteiger partial charge is 0.491 e. The third-order valence-electron chi connectivity index (χ3n) is 6.30. The average molecular weight is 516 g/mol. The van der Waals surface area contributed by atoms with Gasteiger partial charge in [-0.15, -0.1) is 0 Å². The van der Waals surface area contributed by atoms with Crippen LogP contribution in [0.4, 0.5) is 0 Å². The molecule has 4 aromatic rings. The standard InChI is InChI=1S/C29H29N3O4S/c1-6-35-28(34)25-18(5)31-29-32(26(25)19-11-13-20(14-12-19)36-16(2)3)27(33)24(37-29)15-22-17(4)30-23-10-8-7-9-21(22)23/h7-16,26,30H,6H2,1-5H3/b24-15-/t26-/m1/s1. The Labute approximate surface area is 218 Å². The van der Waals surface area contributed by atoms with E-state index in [1.54, 1.807) is 18.4 Å². The second-order valence-corrected chi connectivity index (χ2v) is 10.3. The molecular weight excluding hydrogens is 486 g/mol. The molecule has 0 fully saturated rings. The third kappa shape index (κ3) is 4.53. The average Bonchev–Trinajstić information content (AvgIpc) is 3.34. The Hall–Kier alpha value is -3.91. The van der Waals surface area contributed by atoms with Crippen molar-refractivity contribution in [2.45, 2.75) is 46.8 Å². The smallest absolute Gasteiger partial charge is 0.338 e. The molecule has 0 saturated heterocycles. The number of allylic oxidation sites excluding steroid dienone is 1. The molecule has 0 unspecified atom stereocenters. The van der Waals surface area contributed by atoms with Crippen molar-refractivity contribution in [1.82, 2.24) is 9.55 Å². The first-order valence-electron chi connectivity index (χ1n) is 12.3. The van der Waals surface area contributed by atoms with Gasteiger partial charge in [0.05, 0.1) is 34.6 Å². The molecule has 5 rings (SSSR count). The van der Waals surface area contributed by atoms with Crippen molar-refractivity contribution in [1.29, 1.82) is 0 Å². The third-order valence-corrected chi connectivity index (χ3v) is 7.29. The number of carbonyl (C=O) groups is 1. The predicted octanol–water partition coefficient (Wildman–Crippen LogP) is 4.38. The van der Waals surface area contributed by atoms with Gasteiger partial charge in [0, 0.05) is 22.2 Å². The van der Waals surface area contributed by atoms with Gasteiger partial charge < -0.3 is 14.5 Å². The highest BCUT2D eigenvalue weighted by atomic mass is 32.1. The summed E-state index contributed by atoms with van der Waals surface area (Å²) < 4.78 is 13.3. The molecule has 1 atom stereocenters. The quantitative estimate of drug-likeness (QED) is 0.386. The number of carbonyl (C=O) groups excluding carboxylic acids is 1.